The molecule has 0 aromatic rings. The normalized spacial score (nSPS) is 40.6. The average Bonchev–Trinajstić information content (AvgIpc) is 2.39. The van der Waals surface area contributed by atoms with Gasteiger partial charge in [0.05, 0.1) is 0 Å². The molecule has 0 unspecified atom stereocenters. The van der Waals surface area contributed by atoms with Gasteiger partial charge >= 0.3 is 0 Å². The van der Waals surface area contributed by atoms with Gasteiger partial charge in [0.1, 0.15) is 0 Å². The first kappa shape index (κ1) is 12.5. The van der Waals surface area contributed by atoms with Gasteiger partial charge in [-0.1, -0.05) is 6.08 Å². The summed E-state index contributed by atoms with van der Waals surface area (Å²) < 4.78 is 0. The Labute approximate surface area is 105 Å². The summed E-state index contributed by atoms with van der Waals surface area (Å²) in [4.78, 5) is 0. The Morgan fingerprint density at radius 2 is 1.38 bits per heavy atom. The molecule has 2 aliphatic rings. The molecule has 0 N–H and O–H groups in total. The van der Waals surface area contributed by atoms with Crippen molar-refractivity contribution in [3.63, 3.8) is 0 Å². The fourth-order valence-electron chi connectivity index (χ4n) is 3.67. The Bertz CT molecular complexity index is 207. The second-order valence-corrected chi connectivity index (χ2v) is 6.15. The average molecular weight is 241 g/mol. The Morgan fingerprint density at radius 3 is 1.81 bits per heavy atom. The number of halogens is 1. The molecular formula is C15H25Cl. The van der Waals surface area contributed by atoms with E-state index in [0.717, 1.165) is 29.6 Å². The van der Waals surface area contributed by atoms with Gasteiger partial charge in [0.25, 0.3) is 0 Å². The number of alkyl halides is 1. The van der Waals surface area contributed by atoms with Crippen molar-refractivity contribution < 1.29 is 0 Å². The summed E-state index contributed by atoms with van der Waals surface area (Å²) in [5.41, 5.74) is 0. The molecule has 0 radical (unpaired) electrons. The van der Waals surface area contributed by atoms with Crippen molar-refractivity contribution in [1.82, 2.24) is 0 Å². The Balaban J connectivity index is 1.75. The molecule has 0 atom stereocenters. The van der Waals surface area contributed by atoms with Gasteiger partial charge in [-0.3, -0.25) is 0 Å². The highest BCUT2D eigenvalue weighted by atomic mass is 35.5. The van der Waals surface area contributed by atoms with E-state index in [1.165, 1.54) is 51.4 Å². The lowest BCUT2D eigenvalue weighted by atomic mass is 9.69. The number of rotatable bonds is 3. The van der Waals surface area contributed by atoms with Gasteiger partial charge < -0.3 is 0 Å². The van der Waals surface area contributed by atoms with Gasteiger partial charge in [-0.2, -0.15) is 0 Å². The van der Waals surface area contributed by atoms with Crippen LogP contribution in [0.15, 0.2) is 12.7 Å². The van der Waals surface area contributed by atoms with E-state index in [-0.39, 0.29) is 0 Å². The van der Waals surface area contributed by atoms with Gasteiger partial charge in [-0.05, 0) is 75.0 Å². The van der Waals surface area contributed by atoms with Gasteiger partial charge in [0, 0.05) is 5.88 Å². The molecule has 1 heteroatoms. The molecule has 0 aromatic carbocycles. The number of hydrogen-bond acceptors (Lipinski definition) is 0. The number of hydrogen-bond donors (Lipinski definition) is 0. The standard InChI is InChI=1S/C15H25Cl/c1-2-12-3-7-14(8-4-12)15-9-5-13(11-16)6-10-15/h2,12-15H,1,3-11H2. The topological polar surface area (TPSA) is 0 Å². The smallest absolute Gasteiger partial charge is 0.0251 e. The quantitative estimate of drug-likeness (QED) is 0.480. The second kappa shape index (κ2) is 6.10. The van der Waals surface area contributed by atoms with E-state index >= 15 is 0 Å². The van der Waals surface area contributed by atoms with Crippen LogP contribution in [0.3, 0.4) is 0 Å². The molecular weight excluding hydrogens is 216 g/mol. The van der Waals surface area contributed by atoms with E-state index in [4.69, 9.17) is 11.6 Å². The minimum Gasteiger partial charge on any atom is -0.126 e. The van der Waals surface area contributed by atoms with E-state index in [1.807, 2.05) is 0 Å². The predicted octanol–water partition coefficient (Wildman–Crippen LogP) is 5.02. The van der Waals surface area contributed by atoms with Gasteiger partial charge in [0.2, 0.25) is 0 Å². The fourth-order valence-corrected chi connectivity index (χ4v) is 3.97. The van der Waals surface area contributed by atoms with Crippen LogP contribution in [0.4, 0.5) is 0 Å². The molecule has 0 amide bonds. The highest BCUT2D eigenvalue weighted by Crippen LogP contribution is 2.41. The highest BCUT2D eigenvalue weighted by Gasteiger charge is 2.29. The summed E-state index contributed by atoms with van der Waals surface area (Å²) in [5, 5.41) is 0. The first-order valence-electron chi connectivity index (χ1n) is 7.02. The van der Waals surface area contributed by atoms with E-state index in [0.29, 0.717) is 0 Å². The molecule has 0 heterocycles. The molecule has 2 fully saturated rings. The van der Waals surface area contributed by atoms with Crippen LogP contribution >= 0.6 is 11.6 Å². The van der Waals surface area contributed by atoms with Crippen LogP contribution in [-0.4, -0.2) is 5.88 Å². The Kier molecular flexibility index (Phi) is 4.76. The van der Waals surface area contributed by atoms with Crippen LogP contribution in [0.1, 0.15) is 51.4 Å². The summed E-state index contributed by atoms with van der Waals surface area (Å²) in [6.45, 7) is 3.93. The van der Waals surface area contributed by atoms with E-state index in [1.54, 1.807) is 0 Å². The van der Waals surface area contributed by atoms with Crippen LogP contribution in [0.5, 0.6) is 0 Å². The molecule has 92 valence electrons. The minimum atomic E-state index is 0.815. The van der Waals surface area contributed by atoms with Crippen LogP contribution in [0.2, 0.25) is 0 Å². The predicted molar refractivity (Wildman–Crippen MR) is 71.8 cm³/mol. The van der Waals surface area contributed by atoms with Crippen molar-refractivity contribution in [3.8, 4) is 0 Å². The SMILES string of the molecule is C=CC1CCC(C2CCC(CCl)CC2)CC1. The lowest BCUT2D eigenvalue weighted by Crippen LogP contribution is -2.25. The Morgan fingerprint density at radius 1 is 0.875 bits per heavy atom. The Hall–Kier alpha value is 0.0300. The zero-order valence-corrected chi connectivity index (χ0v) is 11.1. The maximum absolute atomic E-state index is 5.94. The van der Waals surface area contributed by atoms with Crippen LogP contribution < -0.4 is 0 Å². The highest BCUT2D eigenvalue weighted by molar-refractivity contribution is 6.18. The monoisotopic (exact) mass is 240 g/mol. The largest absolute Gasteiger partial charge is 0.126 e. The maximum atomic E-state index is 5.94. The van der Waals surface area contributed by atoms with E-state index in [9.17, 15) is 0 Å². The third-order valence-corrected chi connectivity index (χ3v) is 5.36. The summed E-state index contributed by atoms with van der Waals surface area (Å²) in [5.74, 6) is 4.56. The summed E-state index contributed by atoms with van der Waals surface area (Å²) in [7, 11) is 0. The van der Waals surface area contributed by atoms with Crippen molar-refractivity contribution in [2.75, 3.05) is 5.88 Å². The van der Waals surface area contributed by atoms with Crippen molar-refractivity contribution in [3.05, 3.63) is 12.7 Å². The summed E-state index contributed by atoms with van der Waals surface area (Å²) in [6, 6.07) is 0. The fraction of sp³-hybridized carbons (Fsp3) is 0.867. The van der Waals surface area contributed by atoms with E-state index < -0.39 is 0 Å². The minimum absolute atomic E-state index is 0.815. The molecule has 0 spiro atoms. The molecule has 0 bridgehead atoms. The summed E-state index contributed by atoms with van der Waals surface area (Å²) >= 11 is 5.94. The van der Waals surface area contributed by atoms with Crippen molar-refractivity contribution >= 4 is 11.6 Å². The molecule has 2 rings (SSSR count). The van der Waals surface area contributed by atoms with Crippen molar-refractivity contribution in [1.29, 1.82) is 0 Å². The lowest BCUT2D eigenvalue weighted by molar-refractivity contribution is 0.161. The van der Waals surface area contributed by atoms with Gasteiger partial charge in [-0.25, -0.2) is 0 Å². The van der Waals surface area contributed by atoms with Gasteiger partial charge in [-0.15, -0.1) is 18.2 Å². The first-order chi connectivity index (χ1) is 7.83. The zero-order valence-electron chi connectivity index (χ0n) is 10.3. The van der Waals surface area contributed by atoms with Crippen molar-refractivity contribution in [2.45, 2.75) is 51.4 Å². The third kappa shape index (κ3) is 3.03. The molecule has 2 saturated carbocycles. The molecule has 0 saturated heterocycles. The number of allylic oxidation sites excluding steroid dienone is 1. The van der Waals surface area contributed by atoms with Crippen LogP contribution in [-0.2, 0) is 0 Å². The maximum Gasteiger partial charge on any atom is 0.0251 e. The van der Waals surface area contributed by atoms with E-state index in [2.05, 4.69) is 12.7 Å². The molecule has 16 heavy (non-hydrogen) atoms. The molecule has 0 nitrogen and oxygen atoms in total. The molecule has 0 aromatic heterocycles. The molecule has 2 aliphatic carbocycles. The van der Waals surface area contributed by atoms with Crippen LogP contribution in [0, 0.1) is 23.7 Å². The third-order valence-electron chi connectivity index (χ3n) is 4.93. The molecule has 0 aliphatic heterocycles. The lowest BCUT2D eigenvalue weighted by Gasteiger charge is -2.37. The van der Waals surface area contributed by atoms with Crippen LogP contribution in [0.25, 0.3) is 0 Å². The van der Waals surface area contributed by atoms with Crippen molar-refractivity contribution in [2.24, 2.45) is 23.7 Å². The summed E-state index contributed by atoms with van der Waals surface area (Å²) in [6.07, 6.45) is 13.5. The second-order valence-electron chi connectivity index (χ2n) is 5.85. The zero-order chi connectivity index (χ0) is 11.4. The first-order valence-corrected chi connectivity index (χ1v) is 7.55. The van der Waals surface area contributed by atoms with Gasteiger partial charge in [0.15, 0.2) is 0 Å².